The lowest BCUT2D eigenvalue weighted by Crippen LogP contribution is -2.69. The number of urea groups is 1. The molecule has 0 aliphatic carbocycles. The van der Waals surface area contributed by atoms with E-state index in [1.165, 1.54) is 11.9 Å². The van der Waals surface area contributed by atoms with E-state index in [9.17, 15) is 35.9 Å². The summed E-state index contributed by atoms with van der Waals surface area (Å²) in [5.74, 6) is -1.15. The van der Waals surface area contributed by atoms with E-state index in [-0.39, 0.29) is 30.6 Å². The van der Waals surface area contributed by atoms with Gasteiger partial charge in [-0.25, -0.2) is 4.79 Å². The van der Waals surface area contributed by atoms with Crippen molar-refractivity contribution in [2.24, 2.45) is 5.41 Å². The van der Waals surface area contributed by atoms with Gasteiger partial charge in [0.05, 0.1) is 28.1 Å². The van der Waals surface area contributed by atoms with Crippen LogP contribution in [0.4, 0.5) is 31.1 Å². The van der Waals surface area contributed by atoms with E-state index < -0.39 is 52.4 Å². The SMILES string of the molecule is CNC(=O)N1CCN2C(=O)C3(CCNCC3)CC2C1(c1ccccc1C)[C@H](C)c1cc(C(F)(F)F)cc(C(F)(F)F)c1. The molecule has 6 nitrogen and oxygen atoms in total. The summed E-state index contributed by atoms with van der Waals surface area (Å²) in [6.45, 7) is 4.86. The van der Waals surface area contributed by atoms with Crippen LogP contribution in [0.15, 0.2) is 42.5 Å². The molecule has 3 saturated heterocycles. The maximum Gasteiger partial charge on any atom is 0.416 e. The van der Waals surface area contributed by atoms with Crippen molar-refractivity contribution in [1.29, 1.82) is 0 Å². The molecule has 0 aromatic heterocycles. The molecule has 12 heteroatoms. The Bertz CT molecular complexity index is 1340. The summed E-state index contributed by atoms with van der Waals surface area (Å²) in [6, 6.07) is 7.49. The summed E-state index contributed by atoms with van der Waals surface area (Å²) in [6.07, 6.45) is -8.64. The van der Waals surface area contributed by atoms with Crippen LogP contribution in [-0.2, 0) is 22.7 Å². The number of nitrogens with zero attached hydrogens (tertiary/aromatic N) is 2. The van der Waals surface area contributed by atoms with E-state index in [0.29, 0.717) is 43.5 Å². The summed E-state index contributed by atoms with van der Waals surface area (Å²) in [7, 11) is 1.43. The number of halogens is 6. The van der Waals surface area contributed by atoms with E-state index >= 15 is 0 Å². The third-order valence-corrected chi connectivity index (χ3v) is 9.56. The first-order valence-electron chi connectivity index (χ1n) is 14.0. The predicted octanol–water partition coefficient (Wildman–Crippen LogP) is 5.66. The number of amides is 3. The van der Waals surface area contributed by atoms with Gasteiger partial charge in [-0.1, -0.05) is 31.2 Å². The van der Waals surface area contributed by atoms with Crippen molar-refractivity contribution in [3.05, 3.63) is 70.3 Å². The molecule has 5 rings (SSSR count). The Morgan fingerprint density at radius 1 is 1.00 bits per heavy atom. The molecule has 0 bridgehead atoms. The number of hydrogen-bond donors (Lipinski definition) is 2. The van der Waals surface area contributed by atoms with E-state index in [1.807, 2.05) is 0 Å². The van der Waals surface area contributed by atoms with Crippen LogP contribution in [0.2, 0.25) is 0 Å². The van der Waals surface area contributed by atoms with E-state index in [0.717, 1.165) is 12.1 Å². The Balaban J connectivity index is 1.82. The molecule has 2 unspecified atom stereocenters. The number of rotatable bonds is 3. The van der Waals surface area contributed by atoms with Crippen LogP contribution in [0.5, 0.6) is 0 Å². The number of benzene rings is 2. The zero-order chi connectivity index (χ0) is 30.7. The number of piperazine rings is 1. The third-order valence-electron chi connectivity index (χ3n) is 9.56. The number of alkyl halides is 6. The minimum absolute atomic E-state index is 0.0556. The molecular weight excluding hydrogens is 562 g/mol. The van der Waals surface area contributed by atoms with Gasteiger partial charge in [-0.2, -0.15) is 26.3 Å². The Hall–Kier alpha value is -3.28. The standard InChI is InChI=1S/C30H34F6N4O2/c1-18-6-4-5-7-23(18)28(19(2)20-14-21(29(31,32)33)16-22(15-20)30(34,35)36)24-17-27(8-10-38-11-9-27)25(41)39(24)12-13-40(28)26(42)37-3/h4-7,14-16,19,24,38H,8-13,17H2,1-3H3,(H,37,42)/t19-,24?,28?/m1/s1. The van der Waals surface area contributed by atoms with Crippen molar-refractivity contribution in [3.8, 4) is 0 Å². The van der Waals surface area contributed by atoms with E-state index in [2.05, 4.69) is 10.6 Å². The highest BCUT2D eigenvalue weighted by Gasteiger charge is 2.65. The highest BCUT2D eigenvalue weighted by molar-refractivity contribution is 5.87. The monoisotopic (exact) mass is 596 g/mol. The summed E-state index contributed by atoms with van der Waals surface area (Å²) < 4.78 is 83.9. The van der Waals surface area contributed by atoms with Gasteiger partial charge in [0.25, 0.3) is 0 Å². The van der Waals surface area contributed by atoms with Crippen molar-refractivity contribution in [2.45, 2.75) is 63.0 Å². The number of fused-ring (bicyclic) bond motifs is 1. The zero-order valence-corrected chi connectivity index (χ0v) is 23.6. The van der Waals surface area contributed by atoms with Crippen molar-refractivity contribution < 1.29 is 35.9 Å². The topological polar surface area (TPSA) is 64.7 Å². The van der Waals surface area contributed by atoms with Crippen LogP contribution in [0, 0.1) is 12.3 Å². The van der Waals surface area contributed by atoms with Crippen molar-refractivity contribution in [3.63, 3.8) is 0 Å². The molecule has 2 aromatic carbocycles. The first kappa shape index (κ1) is 30.2. The number of hydrogen-bond acceptors (Lipinski definition) is 3. The largest absolute Gasteiger partial charge is 0.416 e. The molecule has 0 radical (unpaired) electrons. The first-order valence-corrected chi connectivity index (χ1v) is 14.0. The molecule has 3 aliphatic rings. The lowest BCUT2D eigenvalue weighted by molar-refractivity contribution is -0.143. The van der Waals surface area contributed by atoms with Gasteiger partial charge in [-0.15, -0.1) is 0 Å². The number of carbonyl (C=O) groups excluding carboxylic acids is 2. The smallest absolute Gasteiger partial charge is 0.341 e. The molecule has 1 spiro atoms. The van der Waals surface area contributed by atoms with Crippen molar-refractivity contribution in [1.82, 2.24) is 20.4 Å². The van der Waals surface area contributed by atoms with Gasteiger partial charge in [0.2, 0.25) is 5.91 Å². The Morgan fingerprint density at radius 3 is 2.14 bits per heavy atom. The average molecular weight is 597 g/mol. The molecule has 2 N–H and O–H groups in total. The summed E-state index contributed by atoms with van der Waals surface area (Å²) in [4.78, 5) is 31.0. The number of carbonyl (C=O) groups is 2. The van der Waals surface area contributed by atoms with Crippen molar-refractivity contribution >= 4 is 11.9 Å². The van der Waals surface area contributed by atoms with Gasteiger partial charge >= 0.3 is 18.4 Å². The second kappa shape index (κ2) is 10.5. The van der Waals surface area contributed by atoms with Crippen LogP contribution >= 0.6 is 0 Å². The van der Waals surface area contributed by atoms with Gasteiger partial charge in [0.1, 0.15) is 0 Å². The Labute approximate surface area is 240 Å². The quantitative estimate of drug-likeness (QED) is 0.450. The molecule has 42 heavy (non-hydrogen) atoms. The summed E-state index contributed by atoms with van der Waals surface area (Å²) >= 11 is 0. The molecule has 3 fully saturated rings. The lowest BCUT2D eigenvalue weighted by atomic mass is 9.64. The van der Waals surface area contributed by atoms with E-state index in [4.69, 9.17) is 0 Å². The first-order chi connectivity index (χ1) is 19.7. The second-order valence-electron chi connectivity index (χ2n) is 11.7. The number of nitrogens with one attached hydrogen (secondary N) is 2. The molecular formula is C30H34F6N4O2. The third kappa shape index (κ3) is 4.71. The zero-order valence-electron chi connectivity index (χ0n) is 23.6. The Morgan fingerprint density at radius 2 is 1.60 bits per heavy atom. The molecule has 3 atom stereocenters. The maximum atomic E-state index is 14.1. The predicted molar refractivity (Wildman–Crippen MR) is 144 cm³/mol. The molecule has 0 saturated carbocycles. The fraction of sp³-hybridized carbons (Fsp3) is 0.533. The van der Waals surface area contributed by atoms with Gasteiger partial charge in [0, 0.05) is 26.1 Å². The fourth-order valence-corrected chi connectivity index (χ4v) is 7.55. The average Bonchev–Trinajstić information content (AvgIpc) is 3.22. The van der Waals surface area contributed by atoms with Gasteiger partial charge in [0.15, 0.2) is 0 Å². The lowest BCUT2D eigenvalue weighted by Gasteiger charge is -2.57. The van der Waals surface area contributed by atoms with Gasteiger partial charge < -0.3 is 20.4 Å². The maximum absolute atomic E-state index is 14.1. The summed E-state index contributed by atoms with van der Waals surface area (Å²) in [5.41, 5.74) is -3.96. The minimum atomic E-state index is -5.03. The minimum Gasteiger partial charge on any atom is -0.341 e. The molecule has 3 amide bonds. The highest BCUT2D eigenvalue weighted by atomic mass is 19.4. The van der Waals surface area contributed by atoms with Crippen LogP contribution in [-0.4, -0.2) is 61.0 Å². The second-order valence-corrected chi connectivity index (χ2v) is 11.7. The molecule has 3 heterocycles. The summed E-state index contributed by atoms with van der Waals surface area (Å²) in [5, 5.41) is 5.90. The number of piperidine rings is 1. The van der Waals surface area contributed by atoms with Gasteiger partial charge in [-0.05, 0) is 74.2 Å². The van der Waals surface area contributed by atoms with Crippen LogP contribution in [0.25, 0.3) is 0 Å². The highest BCUT2D eigenvalue weighted by Crippen LogP contribution is 2.57. The van der Waals surface area contributed by atoms with Crippen molar-refractivity contribution in [2.75, 3.05) is 33.2 Å². The van der Waals surface area contributed by atoms with E-state index in [1.54, 1.807) is 43.0 Å². The fourth-order valence-electron chi connectivity index (χ4n) is 7.55. The molecule has 228 valence electrons. The van der Waals surface area contributed by atoms with Crippen LogP contribution in [0.1, 0.15) is 59.9 Å². The Kier molecular flexibility index (Phi) is 7.52. The molecule has 2 aromatic rings. The molecule has 3 aliphatic heterocycles. The normalized spacial score (nSPS) is 25.0. The van der Waals surface area contributed by atoms with Crippen LogP contribution in [0.3, 0.4) is 0 Å². The number of aryl methyl sites for hydroxylation is 1. The van der Waals surface area contributed by atoms with Gasteiger partial charge in [-0.3, -0.25) is 4.79 Å². The van der Waals surface area contributed by atoms with Crippen LogP contribution < -0.4 is 10.6 Å².